The lowest BCUT2D eigenvalue weighted by Crippen LogP contribution is -2.33. The van der Waals surface area contributed by atoms with Gasteiger partial charge in [-0.25, -0.2) is 14.2 Å². The molecule has 0 fully saturated rings. The van der Waals surface area contributed by atoms with E-state index in [1.807, 2.05) is 6.26 Å². The van der Waals surface area contributed by atoms with Gasteiger partial charge in [0.25, 0.3) is 5.56 Å². The van der Waals surface area contributed by atoms with Crippen molar-refractivity contribution in [3.8, 4) is 11.6 Å². The minimum absolute atomic E-state index is 0.248. The summed E-state index contributed by atoms with van der Waals surface area (Å²) in [7, 11) is 0. The Labute approximate surface area is 183 Å². The number of aromatic hydroxyl groups is 1. The van der Waals surface area contributed by atoms with E-state index in [2.05, 4.69) is 9.98 Å². The first kappa shape index (κ1) is 23.8. The van der Waals surface area contributed by atoms with E-state index in [0.717, 1.165) is 10.8 Å². The molecule has 0 aliphatic carbocycles. The van der Waals surface area contributed by atoms with Gasteiger partial charge in [0.1, 0.15) is 17.2 Å². The van der Waals surface area contributed by atoms with Gasteiger partial charge in [-0.15, -0.1) is 0 Å². The number of hydrogen-bond donors (Lipinski definition) is 2. The van der Waals surface area contributed by atoms with Crippen LogP contribution in [0.5, 0.6) is 5.88 Å². The molecule has 0 radical (unpaired) electrons. The molecule has 0 bridgehead atoms. The number of halogens is 1. The Bertz CT molecular complexity index is 1040. The first-order chi connectivity index (χ1) is 14.0. The number of hydrogen-bond acceptors (Lipinski definition) is 7. The number of aromatic amines is 1. The SMILES string of the molecule is CSCC[C@@H](N=Cc1c(O)n(-c2ccc(Cl)cc2)c(=O)[nH]c1=O)C(=O)OC(C)(C)C. The summed E-state index contributed by atoms with van der Waals surface area (Å²) in [6.45, 7) is 5.25. The van der Waals surface area contributed by atoms with E-state index in [9.17, 15) is 19.5 Å². The van der Waals surface area contributed by atoms with Gasteiger partial charge in [0.15, 0.2) is 0 Å². The van der Waals surface area contributed by atoms with Gasteiger partial charge in [0.05, 0.1) is 5.69 Å². The van der Waals surface area contributed by atoms with Crippen molar-refractivity contribution < 1.29 is 14.6 Å². The van der Waals surface area contributed by atoms with Crippen LogP contribution < -0.4 is 11.2 Å². The van der Waals surface area contributed by atoms with Gasteiger partial charge in [-0.2, -0.15) is 11.8 Å². The monoisotopic (exact) mass is 453 g/mol. The molecule has 0 saturated heterocycles. The molecule has 0 saturated carbocycles. The van der Waals surface area contributed by atoms with Crippen LogP contribution in [-0.2, 0) is 9.53 Å². The average molecular weight is 454 g/mol. The van der Waals surface area contributed by atoms with Crippen LogP contribution in [0.1, 0.15) is 32.8 Å². The maximum absolute atomic E-state index is 12.5. The third-order valence-corrected chi connectivity index (χ3v) is 4.76. The fraction of sp³-hybridized carbons (Fsp3) is 0.400. The van der Waals surface area contributed by atoms with Crippen LogP contribution in [0.3, 0.4) is 0 Å². The second-order valence-corrected chi connectivity index (χ2v) is 8.84. The second kappa shape index (κ2) is 9.99. The molecule has 2 N–H and O–H groups in total. The molecule has 0 aliphatic heterocycles. The topological polar surface area (TPSA) is 114 Å². The number of nitrogens with zero attached hydrogens (tertiary/aromatic N) is 2. The molecule has 30 heavy (non-hydrogen) atoms. The Hall–Kier alpha value is -2.52. The highest BCUT2D eigenvalue weighted by molar-refractivity contribution is 7.98. The van der Waals surface area contributed by atoms with Crippen LogP contribution in [0.15, 0.2) is 38.8 Å². The number of carbonyl (C=O) groups excluding carboxylic acids is 1. The van der Waals surface area contributed by atoms with Gasteiger partial charge in [0, 0.05) is 11.2 Å². The number of ether oxygens (including phenoxy) is 1. The Morgan fingerprint density at radius 1 is 1.33 bits per heavy atom. The maximum atomic E-state index is 12.5. The van der Waals surface area contributed by atoms with E-state index >= 15 is 0 Å². The van der Waals surface area contributed by atoms with E-state index in [0.29, 0.717) is 22.9 Å². The van der Waals surface area contributed by atoms with Crippen molar-refractivity contribution in [1.29, 1.82) is 0 Å². The minimum atomic E-state index is -0.855. The molecule has 0 unspecified atom stereocenters. The van der Waals surface area contributed by atoms with Crippen LogP contribution in [-0.4, -0.2) is 50.5 Å². The van der Waals surface area contributed by atoms with Gasteiger partial charge in [-0.3, -0.25) is 14.8 Å². The number of carbonyl (C=O) groups is 1. The number of esters is 1. The molecule has 0 spiro atoms. The van der Waals surface area contributed by atoms with Gasteiger partial charge in [-0.1, -0.05) is 11.6 Å². The maximum Gasteiger partial charge on any atom is 0.335 e. The summed E-state index contributed by atoms with van der Waals surface area (Å²) < 4.78 is 6.31. The van der Waals surface area contributed by atoms with Crippen LogP contribution in [0, 0.1) is 0 Å². The zero-order valence-corrected chi connectivity index (χ0v) is 18.7. The number of benzene rings is 1. The summed E-state index contributed by atoms with van der Waals surface area (Å²) in [5, 5.41) is 11.0. The molecule has 0 aliphatic rings. The summed E-state index contributed by atoms with van der Waals surface area (Å²) in [4.78, 5) is 43.3. The molecule has 1 aromatic heterocycles. The van der Waals surface area contributed by atoms with Gasteiger partial charge >= 0.3 is 11.7 Å². The summed E-state index contributed by atoms with van der Waals surface area (Å²) in [6.07, 6.45) is 3.38. The second-order valence-electron chi connectivity index (χ2n) is 7.42. The highest BCUT2D eigenvalue weighted by Crippen LogP contribution is 2.18. The summed E-state index contributed by atoms with van der Waals surface area (Å²) in [5.41, 5.74) is -2.27. The van der Waals surface area contributed by atoms with Gasteiger partial charge in [-0.05, 0) is 63.5 Å². The zero-order chi connectivity index (χ0) is 22.5. The number of nitrogens with one attached hydrogen (secondary N) is 1. The molecule has 0 amide bonds. The molecular weight excluding hydrogens is 430 g/mol. The van der Waals surface area contributed by atoms with E-state index in [4.69, 9.17) is 16.3 Å². The summed E-state index contributed by atoms with van der Waals surface area (Å²) in [5.74, 6) is -0.481. The molecule has 10 heteroatoms. The fourth-order valence-corrected chi connectivity index (χ4v) is 3.09. The van der Waals surface area contributed by atoms with E-state index in [-0.39, 0.29) is 5.56 Å². The molecule has 2 rings (SSSR count). The van der Waals surface area contributed by atoms with Crippen molar-refractivity contribution in [2.75, 3.05) is 12.0 Å². The third kappa shape index (κ3) is 6.24. The quantitative estimate of drug-likeness (QED) is 0.492. The van der Waals surface area contributed by atoms with E-state index in [1.165, 1.54) is 12.1 Å². The van der Waals surface area contributed by atoms with Crippen LogP contribution in [0.2, 0.25) is 5.02 Å². The van der Waals surface area contributed by atoms with Crippen molar-refractivity contribution in [3.05, 3.63) is 55.7 Å². The molecular formula is C20H24ClN3O5S. The van der Waals surface area contributed by atoms with Crippen LogP contribution in [0.25, 0.3) is 5.69 Å². The number of aliphatic imine (C=N–C) groups is 1. The highest BCUT2D eigenvalue weighted by atomic mass is 35.5. The molecule has 8 nitrogen and oxygen atoms in total. The normalized spacial score (nSPS) is 12.8. The lowest BCUT2D eigenvalue weighted by Gasteiger charge is -2.22. The Balaban J connectivity index is 2.46. The molecule has 162 valence electrons. The number of rotatable bonds is 7. The molecule has 1 atom stereocenters. The Kier molecular flexibility index (Phi) is 7.91. The number of aromatic nitrogens is 2. The van der Waals surface area contributed by atoms with Gasteiger partial charge in [0.2, 0.25) is 5.88 Å². The minimum Gasteiger partial charge on any atom is -0.493 e. The lowest BCUT2D eigenvalue weighted by molar-refractivity contribution is -0.156. The van der Waals surface area contributed by atoms with Gasteiger partial charge < -0.3 is 9.84 Å². The summed E-state index contributed by atoms with van der Waals surface area (Å²) >= 11 is 7.40. The highest BCUT2D eigenvalue weighted by Gasteiger charge is 2.24. The van der Waals surface area contributed by atoms with Crippen molar-refractivity contribution in [1.82, 2.24) is 9.55 Å². The van der Waals surface area contributed by atoms with E-state index < -0.39 is 34.7 Å². The first-order valence-electron chi connectivity index (χ1n) is 9.12. The standard InChI is InChI=1S/C20H24ClN3O5S/c1-20(2,3)29-18(27)15(9-10-30-4)22-11-14-16(25)23-19(28)24(17(14)26)13-7-5-12(21)6-8-13/h5-8,11,15,26H,9-10H2,1-4H3,(H,23,25,28)/t15-/m1/s1. The van der Waals surface area contributed by atoms with E-state index in [1.54, 1.807) is 44.7 Å². The fourth-order valence-electron chi connectivity index (χ4n) is 2.50. The molecule has 1 heterocycles. The predicted molar refractivity (Wildman–Crippen MR) is 120 cm³/mol. The average Bonchev–Trinajstić information content (AvgIpc) is 2.63. The third-order valence-electron chi connectivity index (χ3n) is 3.86. The first-order valence-corrected chi connectivity index (χ1v) is 10.9. The Morgan fingerprint density at radius 2 is 1.97 bits per heavy atom. The molecule has 2 aromatic rings. The van der Waals surface area contributed by atoms with Crippen molar-refractivity contribution in [2.24, 2.45) is 4.99 Å². The zero-order valence-electron chi connectivity index (χ0n) is 17.1. The van der Waals surface area contributed by atoms with Crippen molar-refractivity contribution in [2.45, 2.75) is 38.8 Å². The van der Waals surface area contributed by atoms with Crippen LogP contribution in [0.4, 0.5) is 0 Å². The largest absolute Gasteiger partial charge is 0.493 e. The summed E-state index contributed by atoms with van der Waals surface area (Å²) in [6, 6.07) is 5.27. The van der Waals surface area contributed by atoms with Crippen molar-refractivity contribution >= 4 is 35.5 Å². The lowest BCUT2D eigenvalue weighted by atomic mass is 10.1. The smallest absolute Gasteiger partial charge is 0.335 e. The van der Waals surface area contributed by atoms with Crippen LogP contribution >= 0.6 is 23.4 Å². The predicted octanol–water partition coefficient (Wildman–Crippen LogP) is 2.77. The Morgan fingerprint density at radius 3 is 2.53 bits per heavy atom. The molecule has 1 aromatic carbocycles. The van der Waals surface area contributed by atoms with Crippen molar-refractivity contribution in [3.63, 3.8) is 0 Å². The number of H-pyrrole nitrogens is 1. The number of thioether (sulfide) groups is 1.